The van der Waals surface area contributed by atoms with Crippen LogP contribution in [0, 0.1) is 6.92 Å². The van der Waals surface area contributed by atoms with Gasteiger partial charge in [0.25, 0.3) is 0 Å². The number of nitrogens with zero attached hydrogens (tertiary/aromatic N) is 3. The molecule has 1 aliphatic rings. The molecule has 0 amide bonds. The van der Waals surface area contributed by atoms with Crippen LogP contribution in [0.5, 0.6) is 0 Å². The van der Waals surface area contributed by atoms with Crippen molar-refractivity contribution in [2.45, 2.75) is 13.5 Å². The van der Waals surface area contributed by atoms with E-state index in [2.05, 4.69) is 21.5 Å². The van der Waals surface area contributed by atoms with Crippen molar-refractivity contribution in [2.24, 2.45) is 7.05 Å². The van der Waals surface area contributed by atoms with Gasteiger partial charge in [0, 0.05) is 32.9 Å². The molecular weight excluding hydrogens is 178 g/mol. The number of imidazole rings is 1. The van der Waals surface area contributed by atoms with Crippen LogP contribution in [-0.2, 0) is 18.3 Å². The molecule has 1 saturated heterocycles. The number of hydrogen-bond acceptors (Lipinski definition) is 3. The Hall–Kier alpha value is -0.870. The fraction of sp³-hybridized carbons (Fsp3) is 0.700. The van der Waals surface area contributed by atoms with Crippen molar-refractivity contribution >= 4 is 0 Å². The Bertz CT molecular complexity index is 302. The van der Waals surface area contributed by atoms with Crippen molar-refractivity contribution in [3.8, 4) is 0 Å². The van der Waals surface area contributed by atoms with Gasteiger partial charge >= 0.3 is 0 Å². The van der Waals surface area contributed by atoms with Crippen molar-refractivity contribution in [1.29, 1.82) is 0 Å². The second kappa shape index (κ2) is 4.11. The Morgan fingerprint density at radius 3 is 2.71 bits per heavy atom. The molecule has 14 heavy (non-hydrogen) atoms. The zero-order valence-electron chi connectivity index (χ0n) is 8.86. The topological polar surface area (TPSA) is 30.3 Å². The standard InChI is InChI=1S/C10H17N3O/c1-9-11-7-10(12(9)2)8-13-3-5-14-6-4-13/h7H,3-6,8H2,1-2H3. The van der Waals surface area contributed by atoms with Gasteiger partial charge in [-0.3, -0.25) is 4.90 Å². The molecule has 2 rings (SSSR count). The van der Waals surface area contributed by atoms with Crippen LogP contribution in [-0.4, -0.2) is 40.8 Å². The lowest BCUT2D eigenvalue weighted by Crippen LogP contribution is -2.36. The van der Waals surface area contributed by atoms with Crippen molar-refractivity contribution in [3.05, 3.63) is 17.7 Å². The summed E-state index contributed by atoms with van der Waals surface area (Å²) >= 11 is 0. The molecule has 4 nitrogen and oxygen atoms in total. The molecule has 0 N–H and O–H groups in total. The van der Waals surface area contributed by atoms with E-state index in [0.29, 0.717) is 0 Å². The lowest BCUT2D eigenvalue weighted by Gasteiger charge is -2.26. The molecular formula is C10H17N3O. The second-order valence-corrected chi connectivity index (χ2v) is 3.74. The van der Waals surface area contributed by atoms with Gasteiger partial charge in [-0.15, -0.1) is 0 Å². The number of aromatic nitrogens is 2. The molecule has 0 aliphatic carbocycles. The van der Waals surface area contributed by atoms with Crippen LogP contribution in [0.15, 0.2) is 6.20 Å². The Labute approximate surface area is 84.5 Å². The molecule has 0 bridgehead atoms. The molecule has 1 aromatic rings. The third-order valence-electron chi connectivity index (χ3n) is 2.81. The summed E-state index contributed by atoms with van der Waals surface area (Å²) in [6.45, 7) is 6.80. The number of ether oxygens (including phenoxy) is 1. The van der Waals surface area contributed by atoms with Crippen LogP contribution in [0.25, 0.3) is 0 Å². The molecule has 0 saturated carbocycles. The van der Waals surface area contributed by atoms with Gasteiger partial charge in [0.2, 0.25) is 0 Å². The van der Waals surface area contributed by atoms with E-state index in [1.165, 1.54) is 5.69 Å². The fourth-order valence-corrected chi connectivity index (χ4v) is 1.68. The minimum atomic E-state index is 0.858. The summed E-state index contributed by atoms with van der Waals surface area (Å²) in [7, 11) is 2.07. The van der Waals surface area contributed by atoms with Crippen LogP contribution in [0.3, 0.4) is 0 Å². The summed E-state index contributed by atoms with van der Waals surface area (Å²) in [4.78, 5) is 6.69. The summed E-state index contributed by atoms with van der Waals surface area (Å²) in [5.41, 5.74) is 1.28. The molecule has 0 aromatic carbocycles. The molecule has 0 spiro atoms. The van der Waals surface area contributed by atoms with Gasteiger partial charge in [0.15, 0.2) is 0 Å². The summed E-state index contributed by atoms with van der Waals surface area (Å²) in [5.74, 6) is 1.08. The molecule has 1 aromatic heterocycles. The molecule has 1 aliphatic heterocycles. The summed E-state index contributed by atoms with van der Waals surface area (Å²) in [5, 5.41) is 0. The minimum Gasteiger partial charge on any atom is -0.379 e. The first-order chi connectivity index (χ1) is 6.77. The highest BCUT2D eigenvalue weighted by molar-refractivity contribution is 5.03. The third kappa shape index (κ3) is 1.96. The molecule has 2 heterocycles. The van der Waals surface area contributed by atoms with Gasteiger partial charge in [-0.05, 0) is 6.92 Å². The first-order valence-corrected chi connectivity index (χ1v) is 5.04. The normalized spacial score (nSPS) is 18.7. The maximum Gasteiger partial charge on any atom is 0.105 e. The highest BCUT2D eigenvalue weighted by atomic mass is 16.5. The SMILES string of the molecule is Cc1ncc(CN2CCOCC2)n1C. The third-order valence-corrected chi connectivity index (χ3v) is 2.81. The number of hydrogen-bond donors (Lipinski definition) is 0. The average Bonchev–Trinajstić information content (AvgIpc) is 2.52. The van der Waals surface area contributed by atoms with Crippen molar-refractivity contribution in [1.82, 2.24) is 14.5 Å². The van der Waals surface area contributed by atoms with E-state index in [4.69, 9.17) is 4.74 Å². The molecule has 0 unspecified atom stereocenters. The predicted octanol–water partition coefficient (Wildman–Crippen LogP) is 0.561. The van der Waals surface area contributed by atoms with Crippen LogP contribution in [0.4, 0.5) is 0 Å². The summed E-state index contributed by atoms with van der Waals surface area (Å²) < 4.78 is 7.46. The Morgan fingerprint density at radius 1 is 1.43 bits per heavy atom. The largest absolute Gasteiger partial charge is 0.379 e. The maximum absolute atomic E-state index is 5.31. The first kappa shape index (κ1) is 9.68. The van der Waals surface area contributed by atoms with Crippen LogP contribution in [0.1, 0.15) is 11.5 Å². The molecule has 1 fully saturated rings. The predicted molar refractivity (Wildman–Crippen MR) is 54.0 cm³/mol. The number of rotatable bonds is 2. The van der Waals surface area contributed by atoms with Crippen molar-refractivity contribution < 1.29 is 4.74 Å². The van der Waals surface area contributed by atoms with Gasteiger partial charge in [-0.25, -0.2) is 4.98 Å². The molecule has 0 radical (unpaired) electrons. The van der Waals surface area contributed by atoms with E-state index in [0.717, 1.165) is 38.7 Å². The van der Waals surface area contributed by atoms with Gasteiger partial charge in [0.1, 0.15) is 5.82 Å². The first-order valence-electron chi connectivity index (χ1n) is 5.04. The molecule has 4 heteroatoms. The van der Waals surface area contributed by atoms with E-state index < -0.39 is 0 Å². The lowest BCUT2D eigenvalue weighted by atomic mass is 10.3. The fourth-order valence-electron chi connectivity index (χ4n) is 1.68. The zero-order valence-corrected chi connectivity index (χ0v) is 8.86. The highest BCUT2D eigenvalue weighted by Gasteiger charge is 2.12. The van der Waals surface area contributed by atoms with Crippen LogP contribution in [0.2, 0.25) is 0 Å². The van der Waals surface area contributed by atoms with Gasteiger partial charge in [0.05, 0.1) is 18.9 Å². The number of morpholine rings is 1. The number of aryl methyl sites for hydroxylation is 1. The highest BCUT2D eigenvalue weighted by Crippen LogP contribution is 2.07. The van der Waals surface area contributed by atoms with E-state index in [1.54, 1.807) is 0 Å². The van der Waals surface area contributed by atoms with E-state index in [-0.39, 0.29) is 0 Å². The van der Waals surface area contributed by atoms with E-state index >= 15 is 0 Å². The maximum atomic E-state index is 5.31. The van der Waals surface area contributed by atoms with E-state index in [9.17, 15) is 0 Å². The Kier molecular flexibility index (Phi) is 2.84. The zero-order chi connectivity index (χ0) is 9.97. The lowest BCUT2D eigenvalue weighted by molar-refractivity contribution is 0.0333. The van der Waals surface area contributed by atoms with Gasteiger partial charge < -0.3 is 9.30 Å². The monoisotopic (exact) mass is 195 g/mol. The Balaban J connectivity index is 1.99. The quantitative estimate of drug-likeness (QED) is 0.691. The van der Waals surface area contributed by atoms with Crippen molar-refractivity contribution in [3.63, 3.8) is 0 Å². The smallest absolute Gasteiger partial charge is 0.105 e. The van der Waals surface area contributed by atoms with E-state index in [1.807, 2.05) is 13.1 Å². The second-order valence-electron chi connectivity index (χ2n) is 3.74. The van der Waals surface area contributed by atoms with Gasteiger partial charge in [-0.1, -0.05) is 0 Å². The summed E-state index contributed by atoms with van der Waals surface area (Å²) in [6, 6.07) is 0. The minimum absolute atomic E-state index is 0.858. The Morgan fingerprint density at radius 2 is 2.14 bits per heavy atom. The summed E-state index contributed by atoms with van der Waals surface area (Å²) in [6.07, 6.45) is 1.96. The van der Waals surface area contributed by atoms with Gasteiger partial charge in [-0.2, -0.15) is 0 Å². The average molecular weight is 195 g/mol. The van der Waals surface area contributed by atoms with Crippen LogP contribution >= 0.6 is 0 Å². The van der Waals surface area contributed by atoms with Crippen LogP contribution < -0.4 is 0 Å². The molecule has 0 atom stereocenters. The van der Waals surface area contributed by atoms with Crippen molar-refractivity contribution in [2.75, 3.05) is 26.3 Å². The molecule has 78 valence electrons.